The Morgan fingerprint density at radius 1 is 1.35 bits per heavy atom. The maximum atomic E-state index is 13.5. The lowest BCUT2D eigenvalue weighted by Gasteiger charge is -2.61. The number of rotatable bonds is 5. The van der Waals surface area contributed by atoms with E-state index < -0.39 is 30.2 Å². The van der Waals surface area contributed by atoms with Crippen LogP contribution in [0.3, 0.4) is 0 Å². The summed E-state index contributed by atoms with van der Waals surface area (Å²) in [6.45, 7) is 12.8. The number of fused-ring (bicyclic) bond motifs is 1. The number of carbonyl (C=O) groups excluding carboxylic acids is 2. The first-order valence-corrected chi connectivity index (χ1v) is 13.8. The lowest BCUT2D eigenvalue weighted by molar-refractivity contribution is -0.206. The highest BCUT2D eigenvalue weighted by Crippen LogP contribution is 2.68. The second-order valence-electron chi connectivity index (χ2n) is 12.6. The molecular weight excluding hydrogens is 469 g/mol. The molecule has 1 aromatic rings. The first-order valence-electron chi connectivity index (χ1n) is 13.8. The van der Waals surface area contributed by atoms with Crippen molar-refractivity contribution in [3.8, 4) is 0 Å². The maximum absolute atomic E-state index is 13.5. The highest BCUT2D eigenvalue weighted by atomic mass is 16.5. The Morgan fingerprint density at radius 2 is 2.11 bits per heavy atom. The third kappa shape index (κ3) is 4.02. The molecule has 7 nitrogen and oxygen atoms in total. The van der Waals surface area contributed by atoms with E-state index >= 15 is 0 Å². The van der Waals surface area contributed by atoms with Gasteiger partial charge in [0.2, 0.25) is 0 Å². The van der Waals surface area contributed by atoms with Gasteiger partial charge in [0.1, 0.15) is 11.9 Å². The zero-order valence-electron chi connectivity index (χ0n) is 22.5. The molecule has 3 aliphatic carbocycles. The normalized spacial score (nSPS) is 41.0. The van der Waals surface area contributed by atoms with Gasteiger partial charge in [-0.25, -0.2) is 0 Å². The van der Waals surface area contributed by atoms with Crippen molar-refractivity contribution < 1.29 is 29.1 Å². The first-order chi connectivity index (χ1) is 17.5. The SMILES string of the molecule is C=C[C@]1(C)C[C@@H](OC(=O)CCc2cnc3c(c2)B(O)OC3)[C@]2(C)[C@H](C)CC[C@]3(CCC(=O)[C@H]32)[C@@H](C)[C@@H]1O. The number of hydrogen-bond acceptors (Lipinski definition) is 7. The number of carbonyl (C=O) groups is 2. The van der Waals surface area contributed by atoms with Gasteiger partial charge in [-0.05, 0) is 54.9 Å². The molecular formula is C29H40BNO6. The summed E-state index contributed by atoms with van der Waals surface area (Å²) in [7, 11) is -0.980. The van der Waals surface area contributed by atoms with Crippen LogP contribution in [0.4, 0.5) is 0 Å². The third-order valence-electron chi connectivity index (χ3n) is 10.9. The molecule has 2 bridgehead atoms. The summed E-state index contributed by atoms with van der Waals surface area (Å²) < 4.78 is 11.5. The molecule has 0 unspecified atom stereocenters. The minimum Gasteiger partial charge on any atom is -0.462 e. The van der Waals surface area contributed by atoms with E-state index in [0.29, 0.717) is 30.4 Å². The van der Waals surface area contributed by atoms with Crippen LogP contribution in [-0.2, 0) is 32.0 Å². The lowest BCUT2D eigenvalue weighted by Crippen LogP contribution is -2.63. The van der Waals surface area contributed by atoms with Gasteiger partial charge in [-0.15, -0.1) is 6.58 Å². The number of aryl methyl sites for hydroxylation is 1. The number of nitrogens with zero attached hydrogens (tertiary/aromatic N) is 1. The van der Waals surface area contributed by atoms with Gasteiger partial charge < -0.3 is 19.5 Å². The number of aliphatic hydroxyl groups excluding tert-OH is 1. The van der Waals surface area contributed by atoms with E-state index in [-0.39, 0.29) is 47.9 Å². The monoisotopic (exact) mass is 509 g/mol. The third-order valence-corrected chi connectivity index (χ3v) is 10.9. The van der Waals surface area contributed by atoms with Crippen molar-refractivity contribution in [3.05, 3.63) is 36.2 Å². The van der Waals surface area contributed by atoms with Gasteiger partial charge in [-0.1, -0.05) is 39.8 Å². The topological polar surface area (TPSA) is 106 Å². The Bertz CT molecular complexity index is 1110. The van der Waals surface area contributed by atoms with Gasteiger partial charge in [0.15, 0.2) is 0 Å². The largest absolute Gasteiger partial charge is 0.493 e. The molecule has 3 fully saturated rings. The lowest BCUT2D eigenvalue weighted by atomic mass is 9.44. The van der Waals surface area contributed by atoms with Crippen molar-refractivity contribution in [2.45, 2.75) is 91.5 Å². The van der Waals surface area contributed by atoms with E-state index in [1.807, 2.05) is 19.1 Å². The van der Waals surface area contributed by atoms with Crippen LogP contribution < -0.4 is 5.46 Å². The van der Waals surface area contributed by atoms with Crippen molar-refractivity contribution in [3.63, 3.8) is 0 Å². The number of aliphatic hydroxyl groups is 1. The summed E-state index contributed by atoms with van der Waals surface area (Å²) in [5.41, 5.74) is 0.749. The van der Waals surface area contributed by atoms with E-state index in [1.165, 1.54) is 0 Å². The van der Waals surface area contributed by atoms with Crippen LogP contribution in [0.1, 0.15) is 77.5 Å². The van der Waals surface area contributed by atoms with Gasteiger partial charge in [-0.2, -0.15) is 0 Å². The Morgan fingerprint density at radius 3 is 2.84 bits per heavy atom. The summed E-state index contributed by atoms with van der Waals surface area (Å²) in [6, 6.07) is 1.84. The molecule has 1 aromatic heterocycles. The number of ether oxygens (including phenoxy) is 1. The summed E-state index contributed by atoms with van der Waals surface area (Å²) in [5, 5.41) is 21.6. The molecule has 2 heterocycles. The van der Waals surface area contributed by atoms with Crippen LogP contribution in [0.25, 0.3) is 0 Å². The van der Waals surface area contributed by atoms with Crippen molar-refractivity contribution in [1.29, 1.82) is 0 Å². The van der Waals surface area contributed by atoms with E-state index in [1.54, 1.807) is 6.20 Å². The predicted molar refractivity (Wildman–Crippen MR) is 140 cm³/mol. The number of hydrogen-bond donors (Lipinski definition) is 2. The molecule has 37 heavy (non-hydrogen) atoms. The van der Waals surface area contributed by atoms with Gasteiger partial charge in [-0.3, -0.25) is 14.6 Å². The Labute approximate surface area is 220 Å². The molecule has 0 aromatic carbocycles. The zero-order valence-corrected chi connectivity index (χ0v) is 22.5. The van der Waals surface area contributed by atoms with Crippen LogP contribution in [0.2, 0.25) is 0 Å². The average molecular weight is 509 g/mol. The van der Waals surface area contributed by atoms with E-state index in [2.05, 4.69) is 32.3 Å². The molecule has 2 N–H and O–H groups in total. The number of Topliss-reactive ketones (excluding diaryl/α,β-unsaturated/α-hetero) is 1. The second-order valence-corrected chi connectivity index (χ2v) is 12.6. The quantitative estimate of drug-likeness (QED) is 0.357. The molecule has 200 valence electrons. The summed E-state index contributed by atoms with van der Waals surface area (Å²) in [4.78, 5) is 31.2. The predicted octanol–water partition coefficient (Wildman–Crippen LogP) is 3.14. The van der Waals surface area contributed by atoms with Crippen molar-refractivity contribution >= 4 is 24.3 Å². The maximum Gasteiger partial charge on any atom is 0.493 e. The van der Waals surface area contributed by atoms with Gasteiger partial charge >= 0.3 is 13.1 Å². The molecule has 3 saturated carbocycles. The summed E-state index contributed by atoms with van der Waals surface area (Å²) >= 11 is 0. The van der Waals surface area contributed by atoms with Crippen molar-refractivity contribution in [2.24, 2.45) is 34.0 Å². The van der Waals surface area contributed by atoms with Gasteiger partial charge in [0, 0.05) is 41.2 Å². The smallest absolute Gasteiger partial charge is 0.462 e. The zero-order chi connectivity index (χ0) is 26.8. The second kappa shape index (κ2) is 9.32. The first kappa shape index (κ1) is 26.6. The fraction of sp³-hybridized carbons (Fsp3) is 0.690. The van der Waals surface area contributed by atoms with Crippen LogP contribution in [0.15, 0.2) is 24.9 Å². The summed E-state index contributed by atoms with van der Waals surface area (Å²) in [5.74, 6) is -0.164. The molecule has 8 atom stereocenters. The minimum atomic E-state index is -0.980. The Kier molecular flexibility index (Phi) is 6.69. The fourth-order valence-electron chi connectivity index (χ4n) is 8.24. The molecule has 1 aliphatic heterocycles. The fourth-order valence-corrected chi connectivity index (χ4v) is 8.24. The van der Waals surface area contributed by atoms with Crippen LogP contribution in [0, 0.1) is 34.0 Å². The highest BCUT2D eigenvalue weighted by Gasteiger charge is 2.68. The van der Waals surface area contributed by atoms with Crippen LogP contribution in [0.5, 0.6) is 0 Å². The molecule has 0 radical (unpaired) electrons. The molecule has 4 aliphatic rings. The number of pyridine rings is 1. The number of aromatic nitrogens is 1. The highest BCUT2D eigenvalue weighted by molar-refractivity contribution is 6.61. The summed E-state index contributed by atoms with van der Waals surface area (Å²) in [6.07, 6.45) is 6.52. The molecule has 0 saturated heterocycles. The average Bonchev–Trinajstić information content (AvgIpc) is 3.43. The minimum absolute atomic E-state index is 0.0536. The van der Waals surface area contributed by atoms with E-state index in [0.717, 1.165) is 24.8 Å². The number of esters is 1. The Balaban J connectivity index is 1.43. The van der Waals surface area contributed by atoms with Crippen LogP contribution >= 0.6 is 0 Å². The molecule has 0 amide bonds. The van der Waals surface area contributed by atoms with Gasteiger partial charge in [0.25, 0.3) is 0 Å². The van der Waals surface area contributed by atoms with E-state index in [4.69, 9.17) is 9.39 Å². The molecule has 5 rings (SSSR count). The standard InChI is InChI=1S/C29H40BNO6/c1-6-27(4)14-23(37-24(33)8-7-19-13-20-21(31-15-19)16-36-30(20)35)28(5)17(2)9-11-29(18(3)26(27)34)12-10-22(32)25(28)29/h6,13,15,17-18,23,25-26,34-35H,1,7-12,14,16H2,2-5H3/t17-,18+,23-,25+,26+,27-,28+,29+/m1/s1. The number of ketones is 1. The molecule has 8 heteroatoms. The van der Waals surface area contributed by atoms with Crippen LogP contribution in [-0.4, -0.2) is 46.2 Å². The van der Waals surface area contributed by atoms with Crippen molar-refractivity contribution in [1.82, 2.24) is 4.98 Å². The molecule has 0 spiro atoms. The Hall–Kier alpha value is -2.03. The van der Waals surface area contributed by atoms with Crippen molar-refractivity contribution in [2.75, 3.05) is 0 Å². The van der Waals surface area contributed by atoms with E-state index in [9.17, 15) is 19.7 Å². The van der Waals surface area contributed by atoms with Gasteiger partial charge in [0.05, 0.1) is 18.4 Å².